The molecule has 0 spiro atoms. The average molecular weight is 191 g/mol. The van der Waals surface area contributed by atoms with Gasteiger partial charge in [0.15, 0.2) is 0 Å². The summed E-state index contributed by atoms with van der Waals surface area (Å²) in [7, 11) is 1.61. The Morgan fingerprint density at radius 2 is 1.93 bits per heavy atom. The molecule has 1 aromatic carbocycles. The molecule has 0 atom stereocenters. The number of hydrogen-bond acceptors (Lipinski definition) is 2. The highest BCUT2D eigenvalue weighted by molar-refractivity contribution is 6.23. The maximum absolute atomic E-state index is 10.9. The Morgan fingerprint density at radius 1 is 1.36 bits per heavy atom. The van der Waals surface area contributed by atoms with Crippen molar-refractivity contribution in [1.29, 1.82) is 0 Å². The lowest BCUT2D eigenvalue weighted by Gasteiger charge is -2.13. The van der Waals surface area contributed by atoms with Crippen LogP contribution < -0.4 is 0 Å². The molecule has 0 bridgehead atoms. The molecule has 1 amide bonds. The van der Waals surface area contributed by atoms with Crippen LogP contribution in [0.1, 0.15) is 11.1 Å². The number of likely N-dealkylation sites (N-methyl/N-ethyl adjacent to an activating group) is 1. The summed E-state index contributed by atoms with van der Waals surface area (Å²) in [6, 6.07) is 7.86. The largest absolute Gasteiger partial charge is 0.335 e. The smallest absolute Gasteiger partial charge is 0.286 e. The zero-order valence-electron chi connectivity index (χ0n) is 8.36. The second-order valence-corrected chi connectivity index (χ2v) is 3.30. The molecule has 0 saturated carbocycles. The molecule has 74 valence electrons. The van der Waals surface area contributed by atoms with Crippen LogP contribution in [0, 0.1) is 6.92 Å². The van der Waals surface area contributed by atoms with Gasteiger partial charge in [-0.25, -0.2) is 0 Å². The van der Waals surface area contributed by atoms with Crippen molar-refractivity contribution < 1.29 is 9.59 Å². The fourth-order valence-electron chi connectivity index (χ4n) is 1.14. The summed E-state index contributed by atoms with van der Waals surface area (Å²) in [6.07, 6.45) is 0.328. The molecule has 0 aromatic heterocycles. The van der Waals surface area contributed by atoms with Gasteiger partial charge in [-0.1, -0.05) is 29.8 Å². The standard InChI is InChI=1S/C11H13NO2/c1-9-3-5-10(6-4-9)7-12(2)11(14)8-13/h3-6,8H,7H2,1-2H3. The van der Waals surface area contributed by atoms with E-state index in [0.29, 0.717) is 12.8 Å². The van der Waals surface area contributed by atoms with Crippen LogP contribution in [0.15, 0.2) is 24.3 Å². The predicted octanol–water partition coefficient (Wildman–Crippen LogP) is 1.15. The number of nitrogens with zero attached hydrogens (tertiary/aromatic N) is 1. The van der Waals surface area contributed by atoms with Crippen molar-refractivity contribution in [3.05, 3.63) is 35.4 Å². The van der Waals surface area contributed by atoms with E-state index < -0.39 is 5.91 Å². The fourth-order valence-corrected chi connectivity index (χ4v) is 1.14. The highest BCUT2D eigenvalue weighted by Gasteiger charge is 2.06. The molecule has 0 saturated heterocycles. The summed E-state index contributed by atoms with van der Waals surface area (Å²) in [5, 5.41) is 0. The summed E-state index contributed by atoms with van der Waals surface area (Å²) in [5.74, 6) is -0.495. The zero-order valence-corrected chi connectivity index (χ0v) is 8.36. The number of carbonyl (C=O) groups is 2. The van der Waals surface area contributed by atoms with Crippen LogP contribution in [0.5, 0.6) is 0 Å². The minimum atomic E-state index is -0.495. The zero-order chi connectivity index (χ0) is 10.6. The number of aryl methyl sites for hydroxylation is 1. The summed E-state index contributed by atoms with van der Waals surface area (Å²) in [6.45, 7) is 2.47. The lowest BCUT2D eigenvalue weighted by atomic mass is 10.1. The normalized spacial score (nSPS) is 9.57. The molecule has 0 aliphatic rings. The molecule has 1 rings (SSSR count). The van der Waals surface area contributed by atoms with Crippen molar-refractivity contribution in [2.24, 2.45) is 0 Å². The van der Waals surface area contributed by atoms with E-state index in [-0.39, 0.29) is 0 Å². The molecule has 1 aromatic rings. The Morgan fingerprint density at radius 3 is 2.43 bits per heavy atom. The van der Waals surface area contributed by atoms with E-state index in [2.05, 4.69) is 0 Å². The van der Waals surface area contributed by atoms with E-state index in [1.54, 1.807) is 7.05 Å². The molecule has 0 N–H and O–H groups in total. The van der Waals surface area contributed by atoms with E-state index in [9.17, 15) is 9.59 Å². The maximum Gasteiger partial charge on any atom is 0.286 e. The third kappa shape index (κ3) is 2.69. The first-order chi connectivity index (χ1) is 6.63. The number of aldehydes is 1. The molecule has 0 radical (unpaired) electrons. The van der Waals surface area contributed by atoms with Crippen molar-refractivity contribution in [2.45, 2.75) is 13.5 Å². The van der Waals surface area contributed by atoms with E-state index in [4.69, 9.17) is 0 Å². The monoisotopic (exact) mass is 191 g/mol. The lowest BCUT2D eigenvalue weighted by molar-refractivity contribution is -0.138. The van der Waals surface area contributed by atoms with E-state index in [0.717, 1.165) is 5.56 Å². The molecule has 0 fully saturated rings. The van der Waals surface area contributed by atoms with Crippen LogP contribution in [0.2, 0.25) is 0 Å². The topological polar surface area (TPSA) is 37.4 Å². The quantitative estimate of drug-likeness (QED) is 0.531. The van der Waals surface area contributed by atoms with Crippen molar-refractivity contribution in [1.82, 2.24) is 4.90 Å². The average Bonchev–Trinajstić information content (AvgIpc) is 2.20. The maximum atomic E-state index is 10.9. The molecular formula is C11H13NO2. The van der Waals surface area contributed by atoms with E-state index in [1.165, 1.54) is 10.5 Å². The van der Waals surface area contributed by atoms with E-state index >= 15 is 0 Å². The predicted molar refractivity (Wildman–Crippen MR) is 53.7 cm³/mol. The minimum absolute atomic E-state index is 0.328. The van der Waals surface area contributed by atoms with Crippen LogP contribution in [0.4, 0.5) is 0 Å². The van der Waals surface area contributed by atoms with E-state index in [1.807, 2.05) is 31.2 Å². The summed E-state index contributed by atoms with van der Waals surface area (Å²) >= 11 is 0. The van der Waals surface area contributed by atoms with Crippen molar-refractivity contribution in [3.63, 3.8) is 0 Å². The van der Waals surface area contributed by atoms with Crippen LogP contribution in [-0.4, -0.2) is 24.1 Å². The molecule has 3 nitrogen and oxygen atoms in total. The third-order valence-corrected chi connectivity index (χ3v) is 2.02. The SMILES string of the molecule is Cc1ccc(CN(C)C(=O)C=O)cc1. The Labute approximate surface area is 83.3 Å². The Balaban J connectivity index is 2.64. The second-order valence-electron chi connectivity index (χ2n) is 3.30. The third-order valence-electron chi connectivity index (χ3n) is 2.02. The Kier molecular flexibility index (Phi) is 3.40. The van der Waals surface area contributed by atoms with Gasteiger partial charge in [0.2, 0.25) is 6.29 Å². The molecule has 0 heterocycles. The van der Waals surface area contributed by atoms with Gasteiger partial charge in [-0.2, -0.15) is 0 Å². The van der Waals surface area contributed by atoms with Gasteiger partial charge in [0, 0.05) is 13.6 Å². The molecule has 14 heavy (non-hydrogen) atoms. The van der Waals surface area contributed by atoms with Crippen molar-refractivity contribution >= 4 is 12.2 Å². The van der Waals surface area contributed by atoms with Crippen LogP contribution in [-0.2, 0) is 16.1 Å². The van der Waals surface area contributed by atoms with Gasteiger partial charge in [0.1, 0.15) is 0 Å². The van der Waals surface area contributed by atoms with Crippen molar-refractivity contribution in [2.75, 3.05) is 7.05 Å². The molecule has 0 aliphatic carbocycles. The van der Waals surface area contributed by atoms with Gasteiger partial charge in [-0.3, -0.25) is 9.59 Å². The molecular weight excluding hydrogens is 178 g/mol. The van der Waals surface area contributed by atoms with Crippen LogP contribution >= 0.6 is 0 Å². The summed E-state index contributed by atoms with van der Waals surface area (Å²) in [4.78, 5) is 22.5. The first kappa shape index (κ1) is 10.4. The Bertz CT molecular complexity index is 330. The highest BCUT2D eigenvalue weighted by Crippen LogP contribution is 2.05. The Hall–Kier alpha value is -1.64. The van der Waals surface area contributed by atoms with Gasteiger partial charge in [-0.05, 0) is 12.5 Å². The number of benzene rings is 1. The van der Waals surface area contributed by atoms with Gasteiger partial charge in [0.05, 0.1) is 0 Å². The lowest BCUT2D eigenvalue weighted by Crippen LogP contribution is -2.26. The van der Waals surface area contributed by atoms with Gasteiger partial charge in [0.25, 0.3) is 5.91 Å². The summed E-state index contributed by atoms with van der Waals surface area (Å²) in [5.41, 5.74) is 2.20. The number of hydrogen-bond donors (Lipinski definition) is 0. The van der Waals surface area contributed by atoms with Gasteiger partial charge in [-0.15, -0.1) is 0 Å². The first-order valence-electron chi connectivity index (χ1n) is 4.39. The molecule has 3 heteroatoms. The molecule has 0 aliphatic heterocycles. The van der Waals surface area contributed by atoms with Gasteiger partial charge < -0.3 is 4.90 Å². The number of carbonyl (C=O) groups excluding carboxylic acids is 2. The summed E-state index contributed by atoms with van der Waals surface area (Å²) < 4.78 is 0. The second kappa shape index (κ2) is 4.56. The highest BCUT2D eigenvalue weighted by atomic mass is 16.2. The number of amides is 1. The van der Waals surface area contributed by atoms with Gasteiger partial charge >= 0.3 is 0 Å². The van der Waals surface area contributed by atoms with Crippen molar-refractivity contribution in [3.8, 4) is 0 Å². The number of rotatable bonds is 3. The first-order valence-corrected chi connectivity index (χ1v) is 4.39. The van der Waals surface area contributed by atoms with Crippen LogP contribution in [0.25, 0.3) is 0 Å². The molecule has 0 unspecified atom stereocenters. The minimum Gasteiger partial charge on any atom is -0.335 e. The fraction of sp³-hybridized carbons (Fsp3) is 0.273. The van der Waals surface area contributed by atoms with Crippen LogP contribution in [0.3, 0.4) is 0 Å².